The molecular formula is C36H78Y2-4. The summed E-state index contributed by atoms with van der Waals surface area (Å²) in [6.07, 6.45) is 0. The molecule has 0 saturated carbocycles. The third-order valence-corrected chi connectivity index (χ3v) is 2.00. The largest absolute Gasteiger partial charge is 0.358 e. The Morgan fingerprint density at radius 2 is 0.211 bits per heavy atom. The van der Waals surface area contributed by atoms with E-state index in [0.29, 0.717) is 0 Å². The third-order valence-electron chi connectivity index (χ3n) is 2.00. The maximum atomic E-state index is 2.00. The maximum Gasteiger partial charge on any atom is 0 e. The van der Waals surface area contributed by atoms with E-state index in [1.165, 1.54) is 0 Å². The van der Waals surface area contributed by atoms with Gasteiger partial charge in [-0.25, -0.2) is 0 Å². The fourth-order valence-corrected chi connectivity index (χ4v) is 1.15. The normalized spacial score (nSPS) is 4.42. The maximum absolute atomic E-state index is 2.00. The third kappa shape index (κ3) is 137. The van der Waals surface area contributed by atoms with Crippen molar-refractivity contribution in [1.29, 1.82) is 0 Å². The molecule has 2 radical (unpaired) electrons. The molecule has 0 nitrogen and oxygen atoms in total. The zero-order chi connectivity index (χ0) is 20.7. The first-order valence-electron chi connectivity index (χ1n) is 10.0. The van der Waals surface area contributed by atoms with Gasteiger partial charge >= 0.3 is 0 Å². The first-order valence-corrected chi connectivity index (χ1v) is 10.0. The Kier molecular flexibility index (Phi) is 421. The average Bonchev–Trinajstić information content (AvgIpc) is 2.83. The molecule has 0 saturated heterocycles. The molecule has 0 unspecified atom stereocenters. The van der Waals surface area contributed by atoms with Gasteiger partial charge in [0.2, 0.25) is 0 Å². The standard InChI is InChI=1S/3C6H6.4C2H6.6CH4.4CH3.2Y/c3*1-2-4-6-5-3-1;4*1-2;;;;;;;;;;;;/h3*1-6H;4*1-2H3;6*1H4;4*1H3;;/q;;;;;;;;;;;;;4*-1;;. The van der Waals surface area contributed by atoms with Gasteiger partial charge in [-0.05, 0) is 0 Å². The summed E-state index contributed by atoms with van der Waals surface area (Å²) in [5.74, 6) is 0. The second kappa shape index (κ2) is 149. The van der Waals surface area contributed by atoms with Crippen LogP contribution in [-0.2, 0) is 65.4 Å². The summed E-state index contributed by atoms with van der Waals surface area (Å²) in [5.41, 5.74) is 0. The van der Waals surface area contributed by atoms with Crippen LogP contribution in [0.2, 0.25) is 0 Å². The molecule has 0 atom stereocenters. The molecule has 0 spiro atoms. The fraction of sp³-hybridized carbons (Fsp3) is 0.389. The Balaban J connectivity index is -0.0000000106. The molecular weight excluding hydrogens is 610 g/mol. The molecule has 3 rings (SSSR count). The van der Waals surface area contributed by atoms with Crippen molar-refractivity contribution in [3.63, 3.8) is 0 Å². The van der Waals surface area contributed by atoms with E-state index in [1.807, 2.05) is 165 Å². The molecule has 2 heteroatoms. The molecule has 0 heterocycles. The van der Waals surface area contributed by atoms with Crippen LogP contribution in [0.5, 0.6) is 0 Å². The van der Waals surface area contributed by atoms with Gasteiger partial charge in [0.05, 0.1) is 0 Å². The summed E-state index contributed by atoms with van der Waals surface area (Å²) in [6, 6.07) is 36.0. The summed E-state index contributed by atoms with van der Waals surface area (Å²) >= 11 is 0. The van der Waals surface area contributed by atoms with Crippen molar-refractivity contribution in [3.05, 3.63) is 139 Å². The Bertz CT molecular complexity index is 302. The van der Waals surface area contributed by atoms with Gasteiger partial charge in [0.1, 0.15) is 0 Å². The molecule has 0 aromatic heterocycles. The monoisotopic (exact) mass is 688 g/mol. The van der Waals surface area contributed by atoms with Gasteiger partial charge in [0.25, 0.3) is 0 Å². The Morgan fingerprint density at radius 3 is 0.237 bits per heavy atom. The molecule has 0 aliphatic heterocycles. The number of rotatable bonds is 0. The summed E-state index contributed by atoms with van der Waals surface area (Å²) in [4.78, 5) is 0. The molecule has 3 aromatic carbocycles. The van der Waals surface area contributed by atoms with Crippen molar-refractivity contribution in [2.45, 2.75) is 99.9 Å². The molecule has 0 amide bonds. The smallest absolute Gasteiger partial charge is 0 e. The molecule has 0 aliphatic carbocycles. The zero-order valence-corrected chi connectivity index (χ0v) is 29.2. The van der Waals surface area contributed by atoms with Crippen LogP contribution in [-0.4, -0.2) is 0 Å². The van der Waals surface area contributed by atoms with E-state index in [0.717, 1.165) is 0 Å². The molecule has 38 heavy (non-hydrogen) atoms. The van der Waals surface area contributed by atoms with Gasteiger partial charge in [0.15, 0.2) is 0 Å². The van der Waals surface area contributed by atoms with E-state index in [-0.39, 0.29) is 140 Å². The first-order chi connectivity index (χ1) is 13.0. The van der Waals surface area contributed by atoms with Crippen LogP contribution in [0.15, 0.2) is 109 Å². The van der Waals surface area contributed by atoms with Crippen LogP contribution in [0.25, 0.3) is 0 Å². The molecule has 3 aromatic rings. The Morgan fingerprint density at radius 1 is 0.184 bits per heavy atom. The van der Waals surface area contributed by atoms with Crippen molar-refractivity contribution < 1.29 is 65.4 Å². The van der Waals surface area contributed by atoms with E-state index < -0.39 is 0 Å². The Labute approximate surface area is 301 Å². The van der Waals surface area contributed by atoms with Crippen LogP contribution >= 0.6 is 0 Å². The van der Waals surface area contributed by atoms with Crippen LogP contribution in [0, 0.1) is 29.7 Å². The van der Waals surface area contributed by atoms with E-state index >= 15 is 0 Å². The predicted molar refractivity (Wildman–Crippen MR) is 191 cm³/mol. The average molecular weight is 689 g/mol. The Hall–Kier alpha value is -0.132. The van der Waals surface area contributed by atoms with Crippen molar-refractivity contribution in [2.75, 3.05) is 0 Å². The second-order valence-electron chi connectivity index (χ2n) is 3.46. The van der Waals surface area contributed by atoms with Gasteiger partial charge in [0, 0.05) is 65.4 Å². The minimum atomic E-state index is 0. The predicted octanol–water partition coefficient (Wildman–Crippen LogP) is 14.8. The van der Waals surface area contributed by atoms with E-state index in [2.05, 4.69) is 0 Å². The SMILES string of the molecule is C.C.C.C.C.C.CC.CC.CC.CC.[CH3-].[CH3-].[CH3-].[CH3-].[Y].[Y].c1ccccc1.c1ccccc1.c1ccccc1. The zero-order valence-electron chi connectivity index (χ0n) is 23.5. The van der Waals surface area contributed by atoms with Gasteiger partial charge < -0.3 is 29.7 Å². The van der Waals surface area contributed by atoms with Crippen LogP contribution in [0.3, 0.4) is 0 Å². The van der Waals surface area contributed by atoms with Crippen molar-refractivity contribution in [3.8, 4) is 0 Å². The van der Waals surface area contributed by atoms with E-state index in [1.54, 1.807) is 0 Å². The minimum Gasteiger partial charge on any atom is -0.358 e. The number of hydrogen-bond donors (Lipinski definition) is 0. The topological polar surface area (TPSA) is 0 Å². The van der Waals surface area contributed by atoms with E-state index in [9.17, 15) is 0 Å². The van der Waals surface area contributed by atoms with Crippen molar-refractivity contribution in [2.24, 2.45) is 0 Å². The van der Waals surface area contributed by atoms with Crippen LogP contribution in [0.1, 0.15) is 99.9 Å². The summed E-state index contributed by atoms with van der Waals surface area (Å²) in [5, 5.41) is 0. The minimum absolute atomic E-state index is 0. The van der Waals surface area contributed by atoms with Gasteiger partial charge in [-0.2, -0.15) is 0 Å². The van der Waals surface area contributed by atoms with Crippen LogP contribution in [0.4, 0.5) is 0 Å². The summed E-state index contributed by atoms with van der Waals surface area (Å²) < 4.78 is 0. The second-order valence-corrected chi connectivity index (χ2v) is 3.46. The molecule has 0 fully saturated rings. The van der Waals surface area contributed by atoms with Crippen molar-refractivity contribution >= 4 is 0 Å². The van der Waals surface area contributed by atoms with Crippen molar-refractivity contribution in [1.82, 2.24) is 0 Å². The molecule has 0 N–H and O–H groups in total. The summed E-state index contributed by atoms with van der Waals surface area (Å²) in [6.45, 7) is 16.0. The molecule has 0 bridgehead atoms. The number of benzene rings is 3. The van der Waals surface area contributed by atoms with Gasteiger partial charge in [-0.1, -0.05) is 209 Å². The van der Waals surface area contributed by atoms with Gasteiger partial charge in [-0.15, -0.1) is 0 Å². The van der Waals surface area contributed by atoms with Crippen LogP contribution < -0.4 is 0 Å². The molecule has 0 aliphatic rings. The fourth-order valence-electron chi connectivity index (χ4n) is 1.15. The summed E-state index contributed by atoms with van der Waals surface area (Å²) in [7, 11) is 0. The molecule has 232 valence electrons. The quantitative estimate of drug-likeness (QED) is 0.206. The van der Waals surface area contributed by atoms with E-state index in [4.69, 9.17) is 0 Å². The van der Waals surface area contributed by atoms with Gasteiger partial charge in [-0.3, -0.25) is 0 Å². The first kappa shape index (κ1) is 108. The number of hydrogen-bond acceptors (Lipinski definition) is 0.